The van der Waals surface area contributed by atoms with Crippen molar-refractivity contribution in [1.29, 1.82) is 0 Å². The van der Waals surface area contributed by atoms with Gasteiger partial charge in [-0.2, -0.15) is 0 Å². The van der Waals surface area contributed by atoms with Crippen LogP contribution in [0.2, 0.25) is 0 Å². The van der Waals surface area contributed by atoms with Gasteiger partial charge in [0.25, 0.3) is 0 Å². The number of hydrogen-bond donors (Lipinski definition) is 3. The molecule has 0 unspecified atom stereocenters. The summed E-state index contributed by atoms with van der Waals surface area (Å²) in [5.74, 6) is -1.09. The molecule has 24 heavy (non-hydrogen) atoms. The van der Waals surface area contributed by atoms with E-state index in [1.54, 1.807) is 7.11 Å². The number of hydroxylamine groups is 1. The summed E-state index contributed by atoms with van der Waals surface area (Å²) in [6.45, 7) is 0. The van der Waals surface area contributed by atoms with Gasteiger partial charge in [0.1, 0.15) is 5.75 Å². The van der Waals surface area contributed by atoms with Crippen LogP contribution >= 0.6 is 0 Å². The fourth-order valence-corrected chi connectivity index (χ4v) is 2.46. The number of carbonyl (C=O) groups is 2. The van der Waals surface area contributed by atoms with Crippen LogP contribution in [0, 0.1) is 5.92 Å². The van der Waals surface area contributed by atoms with Crippen molar-refractivity contribution in [2.45, 2.75) is 12.8 Å². The molecule has 4 N–H and O–H groups in total. The van der Waals surface area contributed by atoms with Gasteiger partial charge in [-0.25, -0.2) is 5.48 Å². The van der Waals surface area contributed by atoms with E-state index in [2.05, 4.69) is 0 Å². The van der Waals surface area contributed by atoms with Gasteiger partial charge in [-0.3, -0.25) is 14.8 Å². The van der Waals surface area contributed by atoms with E-state index in [1.807, 2.05) is 48.5 Å². The van der Waals surface area contributed by atoms with Crippen LogP contribution in [0.25, 0.3) is 11.1 Å². The number of rotatable bonds is 7. The lowest BCUT2D eigenvalue weighted by molar-refractivity contribution is -0.133. The molecule has 0 heterocycles. The first kappa shape index (κ1) is 17.5. The van der Waals surface area contributed by atoms with Gasteiger partial charge in [0.2, 0.25) is 11.8 Å². The van der Waals surface area contributed by atoms with Gasteiger partial charge in [0.05, 0.1) is 13.0 Å². The molecule has 2 amide bonds. The average Bonchev–Trinajstić information content (AvgIpc) is 2.61. The van der Waals surface area contributed by atoms with Crippen LogP contribution in [0.1, 0.15) is 12.0 Å². The summed E-state index contributed by atoms with van der Waals surface area (Å²) < 4.78 is 5.22. The van der Waals surface area contributed by atoms with Gasteiger partial charge in [-0.1, -0.05) is 36.4 Å². The summed E-state index contributed by atoms with van der Waals surface area (Å²) in [5, 5.41) is 8.57. The van der Waals surface area contributed by atoms with Gasteiger partial charge in [-0.05, 0) is 35.2 Å². The number of amides is 2. The second-order valence-electron chi connectivity index (χ2n) is 5.47. The van der Waals surface area contributed by atoms with E-state index in [0.717, 1.165) is 22.4 Å². The first-order chi connectivity index (χ1) is 11.5. The van der Waals surface area contributed by atoms with Gasteiger partial charge in [-0.15, -0.1) is 0 Å². The van der Waals surface area contributed by atoms with Crippen molar-refractivity contribution in [2.24, 2.45) is 11.7 Å². The number of carbonyl (C=O) groups excluding carboxylic acids is 2. The summed E-state index contributed by atoms with van der Waals surface area (Å²) in [6.07, 6.45) is 0.185. The molecular weight excluding hydrogens is 308 g/mol. The van der Waals surface area contributed by atoms with Crippen molar-refractivity contribution in [1.82, 2.24) is 5.48 Å². The normalized spacial score (nSPS) is 11.6. The standard InChI is InChI=1S/C18H20N2O4/c1-24-16-4-2-3-14(10-16)13-7-5-12(6-8-13)9-15(18(19)22)11-17(21)20-23/h2-8,10,15,23H,9,11H2,1H3,(H2,19,22)(H,20,21)/t15-/m1/s1. The topological polar surface area (TPSA) is 102 Å². The third kappa shape index (κ3) is 4.57. The van der Waals surface area contributed by atoms with Gasteiger partial charge >= 0.3 is 0 Å². The lowest BCUT2D eigenvalue weighted by atomic mass is 9.94. The zero-order chi connectivity index (χ0) is 17.5. The molecule has 0 aliphatic heterocycles. The summed E-state index contributed by atoms with van der Waals surface area (Å²) in [7, 11) is 1.62. The van der Waals surface area contributed by atoms with Gasteiger partial charge in [0.15, 0.2) is 0 Å². The Bertz CT molecular complexity index is 713. The average molecular weight is 328 g/mol. The smallest absolute Gasteiger partial charge is 0.244 e. The second kappa shape index (κ2) is 8.12. The Balaban J connectivity index is 2.13. The van der Waals surface area contributed by atoms with E-state index in [0.29, 0.717) is 6.42 Å². The number of primary amides is 1. The van der Waals surface area contributed by atoms with Crippen molar-refractivity contribution in [3.63, 3.8) is 0 Å². The molecule has 2 rings (SSSR count). The molecule has 0 radical (unpaired) electrons. The molecule has 2 aromatic carbocycles. The van der Waals surface area contributed by atoms with Crippen LogP contribution in [0.3, 0.4) is 0 Å². The van der Waals surface area contributed by atoms with E-state index in [4.69, 9.17) is 15.7 Å². The minimum Gasteiger partial charge on any atom is -0.497 e. The third-order valence-electron chi connectivity index (χ3n) is 3.80. The van der Waals surface area contributed by atoms with Crippen LogP contribution in [-0.4, -0.2) is 24.1 Å². The van der Waals surface area contributed by atoms with E-state index >= 15 is 0 Å². The van der Waals surface area contributed by atoms with Crippen LogP contribution in [-0.2, 0) is 16.0 Å². The van der Waals surface area contributed by atoms with Crippen molar-refractivity contribution in [3.8, 4) is 16.9 Å². The maximum Gasteiger partial charge on any atom is 0.244 e. The minimum atomic E-state index is -0.667. The Kier molecular flexibility index (Phi) is 5.92. The summed E-state index contributed by atoms with van der Waals surface area (Å²) >= 11 is 0. The summed E-state index contributed by atoms with van der Waals surface area (Å²) in [6, 6.07) is 15.4. The molecule has 1 atom stereocenters. The van der Waals surface area contributed by atoms with Crippen LogP contribution in [0.5, 0.6) is 5.75 Å². The predicted molar refractivity (Wildman–Crippen MR) is 89.4 cm³/mol. The highest BCUT2D eigenvalue weighted by Crippen LogP contribution is 2.24. The predicted octanol–water partition coefficient (Wildman–Crippen LogP) is 1.90. The molecule has 0 aromatic heterocycles. The Morgan fingerprint density at radius 2 is 1.88 bits per heavy atom. The van der Waals surface area contributed by atoms with Crippen LogP contribution in [0.4, 0.5) is 0 Å². The number of nitrogens with two attached hydrogens (primary N) is 1. The van der Waals surface area contributed by atoms with Gasteiger partial charge < -0.3 is 10.5 Å². The second-order valence-corrected chi connectivity index (χ2v) is 5.47. The van der Waals surface area contributed by atoms with Crippen LogP contribution in [0.15, 0.2) is 48.5 Å². The molecule has 0 aliphatic carbocycles. The lowest BCUT2D eigenvalue weighted by Gasteiger charge is -2.12. The summed E-state index contributed by atoms with van der Waals surface area (Å²) in [5.41, 5.74) is 9.77. The van der Waals surface area contributed by atoms with E-state index in [-0.39, 0.29) is 6.42 Å². The number of methoxy groups -OCH3 is 1. The highest BCUT2D eigenvalue weighted by Gasteiger charge is 2.19. The molecule has 0 fully saturated rings. The van der Waals surface area contributed by atoms with E-state index < -0.39 is 17.7 Å². The molecule has 0 bridgehead atoms. The third-order valence-corrected chi connectivity index (χ3v) is 3.80. The van der Waals surface area contributed by atoms with Crippen LogP contribution < -0.4 is 16.0 Å². The van der Waals surface area contributed by atoms with Crippen molar-refractivity contribution in [2.75, 3.05) is 7.11 Å². The molecule has 2 aromatic rings. The molecule has 6 heteroatoms. The SMILES string of the molecule is COc1cccc(-c2ccc(C[C@H](CC(=O)NO)C(N)=O)cc2)c1. The fourth-order valence-electron chi connectivity index (χ4n) is 2.46. The first-order valence-corrected chi connectivity index (χ1v) is 7.49. The summed E-state index contributed by atoms with van der Waals surface area (Å²) in [4.78, 5) is 22.7. The Hall–Kier alpha value is -2.86. The highest BCUT2D eigenvalue weighted by molar-refractivity contribution is 5.84. The Labute approximate surface area is 140 Å². The number of benzene rings is 2. The number of ether oxygens (including phenoxy) is 1. The maximum absolute atomic E-state index is 11.5. The molecule has 0 aliphatic rings. The Morgan fingerprint density at radius 3 is 2.46 bits per heavy atom. The van der Waals surface area contributed by atoms with Crippen molar-refractivity contribution in [3.05, 3.63) is 54.1 Å². The Morgan fingerprint density at radius 1 is 1.17 bits per heavy atom. The number of hydrogen-bond acceptors (Lipinski definition) is 4. The molecule has 126 valence electrons. The zero-order valence-electron chi connectivity index (χ0n) is 13.4. The quantitative estimate of drug-likeness (QED) is 0.533. The molecule has 0 spiro atoms. The monoisotopic (exact) mass is 328 g/mol. The van der Waals surface area contributed by atoms with E-state index in [1.165, 1.54) is 5.48 Å². The highest BCUT2D eigenvalue weighted by atomic mass is 16.5. The molecule has 0 saturated carbocycles. The van der Waals surface area contributed by atoms with Crippen molar-refractivity contribution < 1.29 is 19.5 Å². The first-order valence-electron chi connectivity index (χ1n) is 7.49. The van der Waals surface area contributed by atoms with Gasteiger partial charge in [0, 0.05) is 6.42 Å². The van der Waals surface area contributed by atoms with Crippen molar-refractivity contribution >= 4 is 11.8 Å². The largest absolute Gasteiger partial charge is 0.497 e. The number of nitrogens with one attached hydrogen (secondary N) is 1. The fraction of sp³-hybridized carbons (Fsp3) is 0.222. The molecular formula is C18H20N2O4. The lowest BCUT2D eigenvalue weighted by Crippen LogP contribution is -2.31. The zero-order valence-corrected chi connectivity index (χ0v) is 13.4. The maximum atomic E-state index is 11.5. The molecule has 0 saturated heterocycles. The molecule has 6 nitrogen and oxygen atoms in total. The minimum absolute atomic E-state index is 0.149. The van der Waals surface area contributed by atoms with E-state index in [9.17, 15) is 9.59 Å².